The van der Waals surface area contributed by atoms with Gasteiger partial charge in [-0.05, 0) is 0 Å². The van der Waals surface area contributed by atoms with Gasteiger partial charge in [-0.2, -0.15) is 0 Å². The van der Waals surface area contributed by atoms with Crippen LogP contribution in [0.5, 0.6) is 11.5 Å². The van der Waals surface area contributed by atoms with E-state index in [2.05, 4.69) is 41.7 Å². The smallest absolute Gasteiger partial charge is 0.379 e. The van der Waals surface area contributed by atoms with Crippen molar-refractivity contribution in [1.82, 2.24) is 14.9 Å². The number of aromatic nitrogens is 2. The Morgan fingerprint density at radius 1 is 1.19 bits per heavy atom. The van der Waals surface area contributed by atoms with Crippen molar-refractivity contribution >= 4 is 42.8 Å². The maximum absolute atomic E-state index is 12.3. The maximum atomic E-state index is 12.3. The minimum atomic E-state index is -0.392. The molecular weight excluding hydrogens is 525 g/mol. The Labute approximate surface area is 218 Å². The topological polar surface area (TPSA) is 103 Å². The Bertz CT molecular complexity index is 1220. The SMILES string of the molecule is COc1cc2ncnc(N(C)c3cc(C(C)(C)C)[se]c3C(N)=O)c2cc1OCCCN1CCOCC1. The standard InChI is InChI=1S/C26H35N5O4Se/c1-26(2,3)22-15-19(23(36-22)24(27)32)30(4)25-17-13-21(20(33-5)14-18(17)28-16-29-25)35-10-6-7-31-8-11-34-12-9-31/h13-16H,6-12H2,1-5H3,(H2,27,32). The van der Waals surface area contributed by atoms with Gasteiger partial charge in [0.1, 0.15) is 0 Å². The van der Waals surface area contributed by atoms with E-state index >= 15 is 0 Å². The molecule has 36 heavy (non-hydrogen) atoms. The van der Waals surface area contributed by atoms with Gasteiger partial charge in [-0.15, -0.1) is 0 Å². The molecule has 0 bridgehead atoms. The number of hydrogen-bond acceptors (Lipinski definition) is 8. The van der Waals surface area contributed by atoms with Crippen molar-refractivity contribution in [1.29, 1.82) is 0 Å². The number of benzene rings is 1. The molecule has 2 N–H and O–H groups in total. The fourth-order valence-corrected chi connectivity index (χ4v) is 6.48. The summed E-state index contributed by atoms with van der Waals surface area (Å²) in [6.45, 7) is 11.5. The normalized spacial score (nSPS) is 14.7. The van der Waals surface area contributed by atoms with Gasteiger partial charge in [0.25, 0.3) is 0 Å². The van der Waals surface area contributed by atoms with Crippen LogP contribution >= 0.6 is 0 Å². The van der Waals surface area contributed by atoms with Crippen molar-refractivity contribution in [2.45, 2.75) is 32.6 Å². The van der Waals surface area contributed by atoms with Crippen LogP contribution in [0.3, 0.4) is 0 Å². The number of methoxy groups -OCH3 is 1. The molecule has 1 saturated heterocycles. The molecule has 1 fully saturated rings. The summed E-state index contributed by atoms with van der Waals surface area (Å²) in [5, 5.41) is 0.811. The van der Waals surface area contributed by atoms with Crippen molar-refractivity contribution in [3.8, 4) is 11.5 Å². The summed E-state index contributed by atoms with van der Waals surface area (Å²) < 4.78 is 19.0. The molecule has 1 amide bonds. The second-order valence-electron chi connectivity index (χ2n) is 9.87. The number of morpholine rings is 1. The number of nitrogens with zero attached hydrogens (tertiary/aromatic N) is 4. The number of carbonyl (C=O) groups is 1. The van der Waals surface area contributed by atoms with Crippen LogP contribution in [0, 0.1) is 0 Å². The third-order valence-electron chi connectivity index (χ3n) is 6.23. The quantitative estimate of drug-likeness (QED) is 0.315. The molecule has 3 aromatic rings. The average Bonchev–Trinajstić information content (AvgIpc) is 3.33. The first kappa shape index (κ1) is 26.4. The zero-order valence-electron chi connectivity index (χ0n) is 21.7. The number of anilines is 2. The van der Waals surface area contributed by atoms with E-state index in [0.29, 0.717) is 28.4 Å². The monoisotopic (exact) mass is 561 g/mol. The van der Waals surface area contributed by atoms with Crippen LogP contribution in [-0.4, -0.2) is 88.9 Å². The fourth-order valence-electron chi connectivity index (χ4n) is 4.18. The second kappa shape index (κ2) is 11.2. The molecule has 0 atom stereocenters. The van der Waals surface area contributed by atoms with Crippen LogP contribution in [0.15, 0.2) is 24.5 Å². The molecule has 4 rings (SSSR count). The van der Waals surface area contributed by atoms with Crippen LogP contribution in [0.2, 0.25) is 0 Å². The molecule has 0 unspecified atom stereocenters. The number of nitrogens with two attached hydrogens (primary N) is 1. The Morgan fingerprint density at radius 3 is 2.61 bits per heavy atom. The van der Waals surface area contributed by atoms with Gasteiger partial charge in [0, 0.05) is 13.1 Å². The molecule has 0 spiro atoms. The van der Waals surface area contributed by atoms with Crippen LogP contribution in [0.25, 0.3) is 10.9 Å². The van der Waals surface area contributed by atoms with Gasteiger partial charge >= 0.3 is 187 Å². The van der Waals surface area contributed by atoms with E-state index in [1.165, 1.54) is 10.8 Å². The van der Waals surface area contributed by atoms with Crippen molar-refractivity contribution in [2.24, 2.45) is 5.73 Å². The summed E-state index contributed by atoms with van der Waals surface area (Å²) in [5.74, 6) is 1.55. The zero-order chi connectivity index (χ0) is 25.9. The number of amides is 1. The van der Waals surface area contributed by atoms with E-state index in [-0.39, 0.29) is 19.9 Å². The number of carbonyl (C=O) groups excluding carboxylic acids is 1. The van der Waals surface area contributed by atoms with Gasteiger partial charge in [-0.3, -0.25) is 0 Å². The number of primary amides is 1. The molecule has 1 aliphatic rings. The molecule has 1 aliphatic heterocycles. The van der Waals surface area contributed by atoms with Gasteiger partial charge in [0.15, 0.2) is 0 Å². The summed E-state index contributed by atoms with van der Waals surface area (Å²) in [7, 11) is 3.53. The van der Waals surface area contributed by atoms with Crippen molar-refractivity contribution in [3.05, 3.63) is 33.4 Å². The van der Waals surface area contributed by atoms with Gasteiger partial charge in [-0.25, -0.2) is 0 Å². The second-order valence-corrected chi connectivity index (χ2v) is 12.1. The Kier molecular flexibility index (Phi) is 8.20. The van der Waals surface area contributed by atoms with Gasteiger partial charge in [0.2, 0.25) is 0 Å². The Hall–Kier alpha value is -2.65. The Morgan fingerprint density at radius 2 is 1.94 bits per heavy atom. The minimum absolute atomic E-state index is 0.0490. The first-order valence-corrected chi connectivity index (χ1v) is 13.8. The Balaban J connectivity index is 1.63. The van der Waals surface area contributed by atoms with E-state index in [4.69, 9.17) is 19.9 Å². The molecular formula is C26H35N5O4Se. The predicted molar refractivity (Wildman–Crippen MR) is 142 cm³/mol. The molecule has 2 aromatic heterocycles. The van der Waals surface area contributed by atoms with Gasteiger partial charge in [-0.1, -0.05) is 0 Å². The van der Waals surface area contributed by atoms with E-state index in [1.807, 2.05) is 24.1 Å². The number of hydrogen-bond donors (Lipinski definition) is 1. The third kappa shape index (κ3) is 5.83. The summed E-state index contributed by atoms with van der Waals surface area (Å²) in [6, 6.07) is 5.87. The van der Waals surface area contributed by atoms with E-state index in [1.54, 1.807) is 7.11 Å². The molecule has 3 heterocycles. The van der Waals surface area contributed by atoms with Gasteiger partial charge in [0.05, 0.1) is 13.2 Å². The molecule has 194 valence electrons. The van der Waals surface area contributed by atoms with E-state index < -0.39 is 5.91 Å². The first-order valence-electron chi connectivity index (χ1n) is 12.1. The minimum Gasteiger partial charge on any atom is -0.379 e. The fraction of sp³-hybridized carbons (Fsp3) is 0.500. The van der Waals surface area contributed by atoms with Gasteiger partial charge < -0.3 is 4.74 Å². The molecule has 0 aliphatic carbocycles. The van der Waals surface area contributed by atoms with Crippen molar-refractivity contribution < 1.29 is 19.0 Å². The van der Waals surface area contributed by atoms with Crippen LogP contribution in [-0.2, 0) is 10.2 Å². The molecule has 1 aromatic carbocycles. The molecule has 0 saturated carbocycles. The zero-order valence-corrected chi connectivity index (χ0v) is 23.4. The summed E-state index contributed by atoms with van der Waals surface area (Å²) in [5.41, 5.74) is 7.26. The van der Waals surface area contributed by atoms with Crippen LogP contribution in [0.4, 0.5) is 11.5 Å². The van der Waals surface area contributed by atoms with Crippen molar-refractivity contribution in [2.75, 3.05) is 58.5 Å². The number of rotatable bonds is 9. The van der Waals surface area contributed by atoms with Crippen LogP contribution in [0.1, 0.15) is 40.9 Å². The summed E-state index contributed by atoms with van der Waals surface area (Å²) >= 11 is -0.130. The predicted octanol–water partition coefficient (Wildman–Crippen LogP) is 2.96. The molecule has 10 heteroatoms. The summed E-state index contributed by atoms with van der Waals surface area (Å²) in [6.07, 6.45) is 2.42. The van der Waals surface area contributed by atoms with E-state index in [0.717, 1.165) is 55.9 Å². The van der Waals surface area contributed by atoms with E-state index in [9.17, 15) is 4.79 Å². The number of fused-ring (bicyclic) bond motifs is 1. The molecule has 0 radical (unpaired) electrons. The first-order chi connectivity index (χ1) is 17.2. The summed E-state index contributed by atoms with van der Waals surface area (Å²) in [4.78, 5) is 25.7. The number of ether oxygens (including phenoxy) is 3. The molecule has 9 nitrogen and oxygen atoms in total. The van der Waals surface area contributed by atoms with Crippen LogP contribution < -0.4 is 20.1 Å². The average molecular weight is 561 g/mol. The van der Waals surface area contributed by atoms with Crippen molar-refractivity contribution in [3.63, 3.8) is 0 Å². The third-order valence-corrected chi connectivity index (χ3v) is 9.52.